The van der Waals surface area contributed by atoms with E-state index < -0.39 is 23.1 Å². The lowest BCUT2D eigenvalue weighted by Gasteiger charge is -2.56. The predicted molar refractivity (Wildman–Crippen MR) is 94.4 cm³/mol. The standard InChI is InChI=1S/C19H24N4O3/c1-18(2)15(24)9-19(18,21)17(26)22-14-7-8-23(16(14)25)11-13-5-3-12(10-20)4-6-13/h3-6,14-15,24H,7-9,11,21H2,1-2H3,(H,22,26)/t14?,15-,19-/m0/s1. The van der Waals surface area contributed by atoms with Gasteiger partial charge in [0.1, 0.15) is 11.6 Å². The molecular weight excluding hydrogens is 332 g/mol. The zero-order valence-corrected chi connectivity index (χ0v) is 15.0. The van der Waals surface area contributed by atoms with Crippen molar-refractivity contribution in [3.8, 4) is 6.07 Å². The minimum absolute atomic E-state index is 0.135. The maximum absolute atomic E-state index is 12.6. The topological polar surface area (TPSA) is 119 Å². The van der Waals surface area contributed by atoms with Crippen LogP contribution in [0.3, 0.4) is 0 Å². The number of carbonyl (C=O) groups excluding carboxylic acids is 2. The number of hydrogen-bond donors (Lipinski definition) is 3. The summed E-state index contributed by atoms with van der Waals surface area (Å²) in [4.78, 5) is 26.9. The van der Waals surface area contributed by atoms with Gasteiger partial charge in [0.05, 0.1) is 17.7 Å². The van der Waals surface area contributed by atoms with E-state index in [0.717, 1.165) is 5.56 Å². The zero-order valence-electron chi connectivity index (χ0n) is 15.0. The summed E-state index contributed by atoms with van der Waals surface area (Å²) in [6.45, 7) is 4.51. The highest BCUT2D eigenvalue weighted by atomic mass is 16.3. The Balaban J connectivity index is 1.61. The van der Waals surface area contributed by atoms with E-state index in [1.165, 1.54) is 0 Å². The molecule has 4 N–H and O–H groups in total. The molecule has 2 aliphatic rings. The number of hydrogen-bond acceptors (Lipinski definition) is 5. The first-order valence-electron chi connectivity index (χ1n) is 8.75. The number of nitrogens with two attached hydrogens (primary N) is 1. The maximum atomic E-state index is 12.6. The number of nitrogens with zero attached hydrogens (tertiary/aromatic N) is 2. The average Bonchev–Trinajstić information content (AvgIpc) is 2.95. The summed E-state index contributed by atoms with van der Waals surface area (Å²) in [6, 6.07) is 8.56. The van der Waals surface area contributed by atoms with Gasteiger partial charge in [-0.15, -0.1) is 0 Å². The second-order valence-corrected chi connectivity index (χ2v) is 7.80. The lowest BCUT2D eigenvalue weighted by Crippen LogP contribution is -2.76. The van der Waals surface area contributed by atoms with Crippen LogP contribution in [0.5, 0.6) is 0 Å². The summed E-state index contributed by atoms with van der Waals surface area (Å²) in [5, 5.41) is 21.5. The van der Waals surface area contributed by atoms with Gasteiger partial charge in [0.25, 0.3) is 0 Å². The van der Waals surface area contributed by atoms with Crippen molar-refractivity contribution in [3.63, 3.8) is 0 Å². The first kappa shape index (κ1) is 18.4. The van der Waals surface area contributed by atoms with Crippen molar-refractivity contribution < 1.29 is 14.7 Å². The third-order valence-electron chi connectivity index (χ3n) is 5.96. The molecule has 0 aromatic heterocycles. The summed E-state index contributed by atoms with van der Waals surface area (Å²) < 4.78 is 0. The molecule has 0 radical (unpaired) electrons. The van der Waals surface area contributed by atoms with Gasteiger partial charge in [-0.05, 0) is 24.1 Å². The van der Waals surface area contributed by atoms with Gasteiger partial charge in [-0.3, -0.25) is 9.59 Å². The fraction of sp³-hybridized carbons (Fsp3) is 0.526. The highest BCUT2D eigenvalue weighted by molar-refractivity contribution is 5.94. The van der Waals surface area contributed by atoms with Gasteiger partial charge in [0.15, 0.2) is 0 Å². The third-order valence-corrected chi connectivity index (χ3v) is 5.96. The van der Waals surface area contributed by atoms with E-state index in [1.807, 2.05) is 12.1 Å². The first-order chi connectivity index (χ1) is 12.2. The third kappa shape index (κ3) is 2.85. The fourth-order valence-electron chi connectivity index (χ4n) is 3.60. The van der Waals surface area contributed by atoms with Crippen LogP contribution in [0, 0.1) is 16.7 Å². The van der Waals surface area contributed by atoms with Crippen molar-refractivity contribution in [2.24, 2.45) is 11.1 Å². The normalized spacial score (nSPS) is 29.8. The molecule has 138 valence electrons. The van der Waals surface area contributed by atoms with Crippen LogP contribution in [-0.4, -0.2) is 46.1 Å². The summed E-state index contributed by atoms with van der Waals surface area (Å²) in [7, 11) is 0. The second kappa shape index (κ2) is 6.38. The molecule has 1 aromatic carbocycles. The lowest BCUT2D eigenvalue weighted by molar-refractivity contribution is -0.160. The van der Waals surface area contributed by atoms with E-state index in [0.29, 0.717) is 25.1 Å². The highest BCUT2D eigenvalue weighted by Gasteiger charge is 2.62. The van der Waals surface area contributed by atoms with E-state index in [2.05, 4.69) is 11.4 Å². The fourth-order valence-corrected chi connectivity index (χ4v) is 3.60. The Hall–Kier alpha value is -2.43. The maximum Gasteiger partial charge on any atom is 0.245 e. The van der Waals surface area contributed by atoms with Crippen LogP contribution in [0.2, 0.25) is 0 Å². The molecular formula is C19H24N4O3. The van der Waals surface area contributed by atoms with Crippen LogP contribution in [0.15, 0.2) is 24.3 Å². The average molecular weight is 356 g/mol. The number of aliphatic hydroxyl groups is 1. The smallest absolute Gasteiger partial charge is 0.245 e. The van der Waals surface area contributed by atoms with E-state index in [9.17, 15) is 14.7 Å². The van der Waals surface area contributed by atoms with E-state index in [4.69, 9.17) is 11.0 Å². The molecule has 3 rings (SSSR count). The van der Waals surface area contributed by atoms with E-state index in [1.54, 1.807) is 30.9 Å². The van der Waals surface area contributed by atoms with Crippen LogP contribution in [-0.2, 0) is 16.1 Å². The molecule has 0 spiro atoms. The predicted octanol–water partition coefficient (Wildman–Crippen LogP) is 0.264. The molecule has 1 aromatic rings. The molecule has 1 aliphatic heterocycles. The molecule has 3 atom stereocenters. The van der Waals surface area contributed by atoms with Gasteiger partial charge < -0.3 is 21.1 Å². The molecule has 1 saturated carbocycles. The number of benzene rings is 1. The number of amides is 2. The SMILES string of the molecule is CC1(C)[C@@H](O)C[C@]1(N)C(=O)NC1CCN(Cc2ccc(C#N)cc2)C1=O. The molecule has 1 saturated heterocycles. The quantitative estimate of drug-likeness (QED) is 0.715. The van der Waals surface area contributed by atoms with Crippen molar-refractivity contribution in [1.82, 2.24) is 10.2 Å². The van der Waals surface area contributed by atoms with Gasteiger partial charge in [-0.25, -0.2) is 0 Å². The van der Waals surface area contributed by atoms with E-state index >= 15 is 0 Å². The molecule has 1 unspecified atom stereocenters. The number of rotatable bonds is 4. The molecule has 2 amide bonds. The lowest BCUT2D eigenvalue weighted by atomic mass is 9.54. The minimum Gasteiger partial charge on any atom is -0.392 e. The first-order valence-corrected chi connectivity index (χ1v) is 8.75. The Morgan fingerprint density at radius 2 is 2.08 bits per heavy atom. The Labute approximate surface area is 152 Å². The van der Waals surface area contributed by atoms with Crippen molar-refractivity contribution >= 4 is 11.8 Å². The Bertz CT molecular complexity index is 768. The molecule has 0 bridgehead atoms. The van der Waals surface area contributed by atoms with Crippen LogP contribution in [0.4, 0.5) is 0 Å². The van der Waals surface area contributed by atoms with Crippen molar-refractivity contribution in [2.45, 2.75) is 50.9 Å². The van der Waals surface area contributed by atoms with Crippen LogP contribution in [0.25, 0.3) is 0 Å². The van der Waals surface area contributed by atoms with Crippen LogP contribution in [0.1, 0.15) is 37.8 Å². The van der Waals surface area contributed by atoms with E-state index in [-0.39, 0.29) is 18.2 Å². The van der Waals surface area contributed by atoms with Gasteiger partial charge in [-0.2, -0.15) is 5.26 Å². The summed E-state index contributed by atoms with van der Waals surface area (Å²) in [5.41, 5.74) is 5.83. The summed E-state index contributed by atoms with van der Waals surface area (Å²) in [5.74, 6) is -0.518. The Morgan fingerprint density at radius 1 is 1.42 bits per heavy atom. The molecule has 7 nitrogen and oxygen atoms in total. The number of likely N-dealkylation sites (tertiary alicyclic amines) is 1. The van der Waals surface area contributed by atoms with Crippen LogP contribution < -0.4 is 11.1 Å². The summed E-state index contributed by atoms with van der Waals surface area (Å²) >= 11 is 0. The Kier molecular flexibility index (Phi) is 4.51. The molecule has 1 aliphatic carbocycles. The Morgan fingerprint density at radius 3 is 2.62 bits per heavy atom. The number of aliphatic hydroxyl groups excluding tert-OH is 1. The van der Waals surface area contributed by atoms with Gasteiger partial charge in [0.2, 0.25) is 11.8 Å². The van der Waals surface area contributed by atoms with Gasteiger partial charge in [0, 0.05) is 24.9 Å². The molecule has 26 heavy (non-hydrogen) atoms. The molecule has 2 fully saturated rings. The summed E-state index contributed by atoms with van der Waals surface area (Å²) in [6.07, 6.45) is 0.104. The van der Waals surface area contributed by atoms with Crippen molar-refractivity contribution in [1.29, 1.82) is 5.26 Å². The van der Waals surface area contributed by atoms with Crippen molar-refractivity contribution in [2.75, 3.05) is 6.54 Å². The zero-order chi connectivity index (χ0) is 19.1. The van der Waals surface area contributed by atoms with Crippen LogP contribution >= 0.6 is 0 Å². The van der Waals surface area contributed by atoms with Gasteiger partial charge in [-0.1, -0.05) is 26.0 Å². The second-order valence-electron chi connectivity index (χ2n) is 7.80. The van der Waals surface area contributed by atoms with Gasteiger partial charge >= 0.3 is 0 Å². The molecule has 1 heterocycles. The monoisotopic (exact) mass is 356 g/mol. The van der Waals surface area contributed by atoms with Crippen molar-refractivity contribution in [3.05, 3.63) is 35.4 Å². The molecule has 7 heteroatoms. The number of nitrogens with one attached hydrogen (secondary N) is 1. The minimum atomic E-state index is -1.16. The number of carbonyl (C=O) groups is 2. The largest absolute Gasteiger partial charge is 0.392 e. The highest BCUT2D eigenvalue weighted by Crippen LogP contribution is 2.48. The number of nitriles is 1.